The quantitative estimate of drug-likeness (QED) is 0.845. The highest BCUT2D eigenvalue weighted by atomic mass is 19.4. The van der Waals surface area contributed by atoms with Gasteiger partial charge in [0.25, 0.3) is 0 Å². The van der Waals surface area contributed by atoms with E-state index in [1.807, 2.05) is 13.8 Å². The molecule has 1 rings (SSSR count). The van der Waals surface area contributed by atoms with E-state index in [1.54, 1.807) is 0 Å². The van der Waals surface area contributed by atoms with Gasteiger partial charge in [0, 0.05) is 0 Å². The minimum atomic E-state index is -4.41. The fourth-order valence-corrected chi connectivity index (χ4v) is 2.00. The van der Waals surface area contributed by atoms with Gasteiger partial charge in [-0.25, -0.2) is 0 Å². The lowest BCUT2D eigenvalue weighted by Gasteiger charge is -2.23. The number of halogens is 3. The van der Waals surface area contributed by atoms with Crippen LogP contribution in [-0.4, -0.2) is 5.11 Å². The second-order valence-electron chi connectivity index (χ2n) is 4.11. The van der Waals surface area contributed by atoms with Crippen LogP contribution in [0.4, 0.5) is 13.2 Å². The Balaban J connectivity index is 3.13. The van der Waals surface area contributed by atoms with Crippen molar-refractivity contribution < 1.29 is 18.3 Å². The van der Waals surface area contributed by atoms with Crippen LogP contribution in [0.2, 0.25) is 0 Å². The molecule has 0 aliphatic rings. The van der Waals surface area contributed by atoms with Crippen LogP contribution in [0.25, 0.3) is 0 Å². The van der Waals surface area contributed by atoms with Gasteiger partial charge in [0.05, 0.1) is 11.7 Å². The molecule has 0 fully saturated rings. The van der Waals surface area contributed by atoms with Gasteiger partial charge in [-0.05, 0) is 17.5 Å². The van der Waals surface area contributed by atoms with Gasteiger partial charge in [0.2, 0.25) is 0 Å². The standard InChI is InChI=1S/C13H17F3O/c1-3-9(4-2)12(17)10-7-5-6-8-11(10)13(14,15)16/h5-9,12,17H,3-4H2,1-2H3. The average Bonchev–Trinajstić information content (AvgIpc) is 2.29. The average molecular weight is 246 g/mol. The van der Waals surface area contributed by atoms with Crippen LogP contribution < -0.4 is 0 Å². The second kappa shape index (κ2) is 5.54. The molecule has 1 unspecified atom stereocenters. The third-order valence-electron chi connectivity index (χ3n) is 3.08. The summed E-state index contributed by atoms with van der Waals surface area (Å²) in [6, 6.07) is 5.23. The Morgan fingerprint density at radius 2 is 1.65 bits per heavy atom. The van der Waals surface area contributed by atoms with E-state index >= 15 is 0 Å². The lowest BCUT2D eigenvalue weighted by molar-refractivity contribution is -0.139. The van der Waals surface area contributed by atoms with Crippen LogP contribution in [0.5, 0.6) is 0 Å². The van der Waals surface area contributed by atoms with Crippen LogP contribution in [0.15, 0.2) is 24.3 Å². The number of benzene rings is 1. The van der Waals surface area contributed by atoms with Gasteiger partial charge in [0.15, 0.2) is 0 Å². The number of aliphatic hydroxyl groups excluding tert-OH is 1. The first kappa shape index (κ1) is 14.0. The zero-order chi connectivity index (χ0) is 13.1. The van der Waals surface area contributed by atoms with Crippen molar-refractivity contribution in [3.8, 4) is 0 Å². The molecule has 1 atom stereocenters. The van der Waals surface area contributed by atoms with Crippen molar-refractivity contribution in [2.75, 3.05) is 0 Å². The summed E-state index contributed by atoms with van der Waals surface area (Å²) in [6.07, 6.45) is -4.15. The third-order valence-corrected chi connectivity index (χ3v) is 3.08. The molecule has 0 aliphatic heterocycles. The van der Waals surface area contributed by atoms with Gasteiger partial charge in [-0.3, -0.25) is 0 Å². The largest absolute Gasteiger partial charge is 0.416 e. The topological polar surface area (TPSA) is 20.2 Å². The highest BCUT2D eigenvalue weighted by molar-refractivity contribution is 5.31. The Hall–Kier alpha value is -1.03. The van der Waals surface area contributed by atoms with Gasteiger partial charge in [-0.1, -0.05) is 44.9 Å². The molecule has 0 saturated carbocycles. The fraction of sp³-hybridized carbons (Fsp3) is 0.538. The van der Waals surface area contributed by atoms with Crippen LogP contribution >= 0.6 is 0 Å². The Kier molecular flexibility index (Phi) is 4.57. The predicted molar refractivity (Wildman–Crippen MR) is 60.5 cm³/mol. The molecule has 1 N–H and O–H groups in total. The molecule has 0 aliphatic carbocycles. The van der Waals surface area contributed by atoms with E-state index in [4.69, 9.17) is 0 Å². The normalized spacial score (nSPS) is 14.1. The molecule has 0 radical (unpaired) electrons. The van der Waals surface area contributed by atoms with Crippen molar-refractivity contribution in [2.45, 2.75) is 39.0 Å². The van der Waals surface area contributed by atoms with E-state index in [0.29, 0.717) is 12.8 Å². The Morgan fingerprint density at radius 3 is 2.12 bits per heavy atom. The molecule has 1 nitrogen and oxygen atoms in total. The number of hydrogen-bond donors (Lipinski definition) is 1. The molecule has 0 amide bonds. The second-order valence-corrected chi connectivity index (χ2v) is 4.11. The van der Waals surface area contributed by atoms with Crippen LogP contribution in [0.1, 0.15) is 43.9 Å². The van der Waals surface area contributed by atoms with Crippen molar-refractivity contribution >= 4 is 0 Å². The maximum absolute atomic E-state index is 12.8. The number of hydrogen-bond acceptors (Lipinski definition) is 1. The molecule has 17 heavy (non-hydrogen) atoms. The Labute approximate surface area is 99.3 Å². The zero-order valence-corrected chi connectivity index (χ0v) is 9.96. The molecule has 0 bridgehead atoms. The highest BCUT2D eigenvalue weighted by Crippen LogP contribution is 2.37. The van der Waals surface area contributed by atoms with Crippen molar-refractivity contribution in [3.05, 3.63) is 35.4 Å². The predicted octanol–water partition coefficient (Wildman–Crippen LogP) is 4.18. The number of aliphatic hydroxyl groups is 1. The summed E-state index contributed by atoms with van der Waals surface area (Å²) < 4.78 is 38.3. The summed E-state index contributed by atoms with van der Waals surface area (Å²) in [5, 5.41) is 10.0. The van der Waals surface area contributed by atoms with E-state index in [-0.39, 0.29) is 11.5 Å². The lowest BCUT2D eigenvalue weighted by atomic mass is 9.89. The molecular formula is C13H17F3O. The SMILES string of the molecule is CCC(CC)C(O)c1ccccc1C(F)(F)F. The Morgan fingerprint density at radius 1 is 1.12 bits per heavy atom. The molecular weight excluding hydrogens is 229 g/mol. The number of rotatable bonds is 4. The van der Waals surface area contributed by atoms with Gasteiger partial charge in [-0.2, -0.15) is 13.2 Å². The van der Waals surface area contributed by atoms with Crippen LogP contribution in [0, 0.1) is 5.92 Å². The summed E-state index contributed by atoms with van der Waals surface area (Å²) in [5.41, 5.74) is -0.756. The van der Waals surface area contributed by atoms with Crippen molar-refractivity contribution in [1.82, 2.24) is 0 Å². The molecule has 1 aromatic rings. The van der Waals surface area contributed by atoms with Gasteiger partial charge < -0.3 is 5.11 Å². The maximum atomic E-state index is 12.8. The minimum Gasteiger partial charge on any atom is -0.388 e. The van der Waals surface area contributed by atoms with E-state index in [9.17, 15) is 18.3 Å². The zero-order valence-electron chi connectivity index (χ0n) is 9.96. The van der Waals surface area contributed by atoms with E-state index in [1.165, 1.54) is 18.2 Å². The van der Waals surface area contributed by atoms with Crippen molar-refractivity contribution in [2.24, 2.45) is 5.92 Å². The molecule has 0 heterocycles. The van der Waals surface area contributed by atoms with Crippen LogP contribution in [-0.2, 0) is 6.18 Å². The summed E-state index contributed by atoms with van der Waals surface area (Å²) >= 11 is 0. The fourth-order valence-electron chi connectivity index (χ4n) is 2.00. The molecule has 4 heteroatoms. The Bertz CT molecular complexity index is 356. The maximum Gasteiger partial charge on any atom is 0.416 e. The van der Waals surface area contributed by atoms with E-state index in [0.717, 1.165) is 6.07 Å². The van der Waals surface area contributed by atoms with Crippen molar-refractivity contribution in [1.29, 1.82) is 0 Å². The highest BCUT2D eigenvalue weighted by Gasteiger charge is 2.35. The monoisotopic (exact) mass is 246 g/mol. The molecule has 0 spiro atoms. The minimum absolute atomic E-state index is 0.0197. The molecule has 96 valence electrons. The number of alkyl halides is 3. The summed E-state index contributed by atoms with van der Waals surface area (Å²) in [5.74, 6) is -0.140. The summed E-state index contributed by atoms with van der Waals surface area (Å²) in [7, 11) is 0. The van der Waals surface area contributed by atoms with E-state index in [2.05, 4.69) is 0 Å². The summed E-state index contributed by atoms with van der Waals surface area (Å²) in [4.78, 5) is 0. The van der Waals surface area contributed by atoms with Gasteiger partial charge in [-0.15, -0.1) is 0 Å². The molecule has 0 aromatic heterocycles. The van der Waals surface area contributed by atoms with Crippen LogP contribution in [0.3, 0.4) is 0 Å². The third kappa shape index (κ3) is 3.22. The van der Waals surface area contributed by atoms with Gasteiger partial charge >= 0.3 is 6.18 Å². The first-order chi connectivity index (χ1) is 7.91. The lowest BCUT2D eigenvalue weighted by Crippen LogP contribution is -2.17. The molecule has 1 aromatic carbocycles. The first-order valence-electron chi connectivity index (χ1n) is 5.76. The smallest absolute Gasteiger partial charge is 0.388 e. The summed E-state index contributed by atoms with van der Waals surface area (Å²) in [6.45, 7) is 3.74. The molecule has 0 saturated heterocycles. The van der Waals surface area contributed by atoms with Gasteiger partial charge in [0.1, 0.15) is 0 Å². The van der Waals surface area contributed by atoms with E-state index < -0.39 is 17.8 Å². The first-order valence-corrected chi connectivity index (χ1v) is 5.76. The van der Waals surface area contributed by atoms with Crippen molar-refractivity contribution in [3.63, 3.8) is 0 Å².